The molecule has 0 aromatic heterocycles. The quantitative estimate of drug-likeness (QED) is 0.0643. The van der Waals surface area contributed by atoms with Gasteiger partial charge in [-0.15, -0.1) is 0 Å². The molecule has 0 bridgehead atoms. The van der Waals surface area contributed by atoms with E-state index in [-0.39, 0.29) is 42.7 Å². The molecule has 2 heterocycles. The zero-order chi connectivity index (χ0) is 32.9. The lowest BCUT2D eigenvalue weighted by Gasteiger charge is -2.32. The van der Waals surface area contributed by atoms with Gasteiger partial charge in [0.2, 0.25) is 5.78 Å². The third-order valence-corrected chi connectivity index (χ3v) is 9.83. The Bertz CT molecular complexity index is 1460. The number of rotatable bonds is 15. The van der Waals surface area contributed by atoms with Gasteiger partial charge in [-0.05, 0) is 69.3 Å². The highest BCUT2D eigenvalue weighted by atomic mass is 16.7. The second kappa shape index (κ2) is 14.5. The summed E-state index contributed by atoms with van der Waals surface area (Å²) in [7, 11) is 1.87. The molecule has 0 amide bonds. The molecule has 4 aliphatic rings. The van der Waals surface area contributed by atoms with Gasteiger partial charge in [0, 0.05) is 36.1 Å². The Balaban J connectivity index is 1.38. The lowest BCUT2D eigenvalue weighted by atomic mass is 9.71. The lowest BCUT2D eigenvalue weighted by molar-refractivity contribution is -0.149. The maximum atomic E-state index is 14.1. The minimum atomic E-state index is -2.07. The number of dihydropyridines is 1. The Hall–Kier alpha value is -3.57. The van der Waals surface area contributed by atoms with Crippen molar-refractivity contribution in [3.05, 3.63) is 82.2 Å². The number of ketones is 2. The van der Waals surface area contributed by atoms with Crippen LogP contribution in [0.4, 0.5) is 0 Å². The molecule has 1 aromatic carbocycles. The van der Waals surface area contributed by atoms with Crippen molar-refractivity contribution in [1.82, 2.24) is 21.3 Å². The number of aliphatic hydroxyl groups is 1. The van der Waals surface area contributed by atoms with Crippen LogP contribution in [-0.4, -0.2) is 79.9 Å². The highest BCUT2D eigenvalue weighted by molar-refractivity contribution is 6.32. The molecule has 10 nitrogen and oxygen atoms in total. The fourth-order valence-electron chi connectivity index (χ4n) is 6.99. The van der Waals surface area contributed by atoms with Gasteiger partial charge in [0.1, 0.15) is 5.82 Å². The molecule has 0 radical (unpaired) electrons. The third kappa shape index (κ3) is 6.36. The number of hydrogen-bond donors (Lipinski definition) is 5. The van der Waals surface area contributed by atoms with E-state index >= 15 is 0 Å². The number of hydrogen-bond acceptors (Lipinski definition) is 10. The Kier molecular flexibility index (Phi) is 10.6. The maximum Gasteiger partial charge on any atom is 0.350 e. The van der Waals surface area contributed by atoms with Crippen LogP contribution >= 0.6 is 0 Å². The number of epoxide rings is 1. The molecular weight excluding hydrogens is 584 g/mol. The normalized spacial score (nSPS) is 28.7. The predicted molar refractivity (Wildman–Crippen MR) is 176 cm³/mol. The molecule has 0 spiro atoms. The van der Waals surface area contributed by atoms with Crippen molar-refractivity contribution in [2.75, 3.05) is 40.0 Å². The van der Waals surface area contributed by atoms with Gasteiger partial charge >= 0.3 is 5.97 Å². The number of esters is 1. The molecule has 2 aliphatic heterocycles. The first-order valence-corrected chi connectivity index (χ1v) is 16.5. The van der Waals surface area contributed by atoms with Gasteiger partial charge in [-0.2, -0.15) is 0 Å². The van der Waals surface area contributed by atoms with Crippen LogP contribution in [0.15, 0.2) is 71.1 Å². The second-order valence-electron chi connectivity index (χ2n) is 12.7. The minimum absolute atomic E-state index is 0.0208. The number of nitrogens with one attached hydrogen (secondary N) is 4. The van der Waals surface area contributed by atoms with E-state index in [1.165, 1.54) is 0 Å². The minimum Gasteiger partial charge on any atom is -0.463 e. The molecule has 248 valence electrons. The average molecular weight is 633 g/mol. The van der Waals surface area contributed by atoms with E-state index in [0.29, 0.717) is 31.1 Å². The summed E-state index contributed by atoms with van der Waals surface area (Å²) in [4.78, 5) is 42.2. The summed E-state index contributed by atoms with van der Waals surface area (Å²) in [6.07, 6.45) is 11.6. The molecule has 0 saturated carbocycles. The zero-order valence-corrected chi connectivity index (χ0v) is 27.4. The zero-order valence-electron chi connectivity index (χ0n) is 27.4. The Morgan fingerprint density at radius 3 is 2.61 bits per heavy atom. The van der Waals surface area contributed by atoms with E-state index < -0.39 is 28.7 Å². The summed E-state index contributed by atoms with van der Waals surface area (Å²) in [5.74, 6) is -0.495. The van der Waals surface area contributed by atoms with E-state index in [4.69, 9.17) is 9.47 Å². The van der Waals surface area contributed by atoms with Crippen molar-refractivity contribution in [2.24, 2.45) is 11.8 Å². The number of benzene rings is 1. The first-order valence-electron chi connectivity index (χ1n) is 16.5. The number of ether oxygens (including phenoxy) is 2. The number of allylic oxidation sites excluding steroid dienone is 4. The van der Waals surface area contributed by atoms with Gasteiger partial charge in [0.25, 0.3) is 5.60 Å². The average Bonchev–Trinajstić information content (AvgIpc) is 3.79. The van der Waals surface area contributed by atoms with Crippen LogP contribution < -0.4 is 21.3 Å². The molecule has 1 fully saturated rings. The topological polar surface area (TPSA) is 141 Å². The molecular formula is C36H48N4O6. The Morgan fingerprint density at radius 1 is 1.15 bits per heavy atom. The van der Waals surface area contributed by atoms with Gasteiger partial charge in [0.05, 0.1) is 19.9 Å². The van der Waals surface area contributed by atoms with Crippen LogP contribution in [0.1, 0.15) is 73.6 Å². The van der Waals surface area contributed by atoms with Crippen molar-refractivity contribution < 1.29 is 29.0 Å². The molecule has 1 aromatic rings. The van der Waals surface area contributed by atoms with Crippen LogP contribution in [0.25, 0.3) is 0 Å². The second-order valence-corrected chi connectivity index (χ2v) is 12.7. The van der Waals surface area contributed by atoms with Crippen LogP contribution in [0, 0.1) is 11.8 Å². The number of carbonyl (C=O) groups is 3. The first-order chi connectivity index (χ1) is 22.2. The number of fused-ring (bicyclic) bond motifs is 2. The molecule has 5 atom stereocenters. The van der Waals surface area contributed by atoms with Crippen molar-refractivity contribution in [1.29, 1.82) is 0 Å². The van der Waals surface area contributed by atoms with Gasteiger partial charge in [-0.3, -0.25) is 9.59 Å². The number of carbonyl (C=O) groups excluding carboxylic acids is 3. The Labute approximate surface area is 271 Å². The van der Waals surface area contributed by atoms with Crippen molar-refractivity contribution >= 4 is 17.5 Å². The summed E-state index contributed by atoms with van der Waals surface area (Å²) in [5.41, 5.74) is -0.831. The van der Waals surface area contributed by atoms with Gasteiger partial charge < -0.3 is 35.8 Å². The van der Waals surface area contributed by atoms with E-state index in [2.05, 4.69) is 52.5 Å². The fourth-order valence-corrected chi connectivity index (χ4v) is 6.99. The van der Waals surface area contributed by atoms with Gasteiger partial charge in [0.15, 0.2) is 11.4 Å². The smallest absolute Gasteiger partial charge is 0.350 e. The number of likely N-dealkylation sites (N-methyl/N-ethyl adjacent to an activating group) is 1. The summed E-state index contributed by atoms with van der Waals surface area (Å²) in [6.45, 7) is 7.97. The third-order valence-electron chi connectivity index (χ3n) is 9.83. The van der Waals surface area contributed by atoms with Crippen molar-refractivity contribution in [3.63, 3.8) is 0 Å². The van der Waals surface area contributed by atoms with Crippen molar-refractivity contribution in [2.45, 2.75) is 70.1 Å². The SMILES string of the molecule is CCNC1C=CC(CC)CC1COC(=O)C12OC1(CC(CO)=C(C)CCC1=CCNC(NCNC)=C1)C(=O)c1ccccc1C2=O. The highest BCUT2D eigenvalue weighted by Gasteiger charge is 2.85. The van der Waals surface area contributed by atoms with E-state index in [0.717, 1.165) is 42.8 Å². The molecule has 5 rings (SSSR count). The molecule has 10 heteroatoms. The molecule has 5 N–H and O–H groups in total. The summed E-state index contributed by atoms with van der Waals surface area (Å²) >= 11 is 0. The summed E-state index contributed by atoms with van der Waals surface area (Å²) in [6, 6.07) is 6.56. The van der Waals surface area contributed by atoms with Crippen molar-refractivity contribution in [3.8, 4) is 0 Å². The maximum absolute atomic E-state index is 14.1. The van der Waals surface area contributed by atoms with Crippen LogP contribution in [0.3, 0.4) is 0 Å². The van der Waals surface area contributed by atoms with Crippen LogP contribution in [0.5, 0.6) is 0 Å². The summed E-state index contributed by atoms with van der Waals surface area (Å²) in [5, 5.41) is 23.6. The van der Waals surface area contributed by atoms with Gasteiger partial charge in [-0.25, -0.2) is 4.79 Å². The summed E-state index contributed by atoms with van der Waals surface area (Å²) < 4.78 is 12.0. The van der Waals surface area contributed by atoms with Crippen LogP contribution in [-0.2, 0) is 14.3 Å². The van der Waals surface area contributed by atoms with E-state index in [9.17, 15) is 19.5 Å². The fraction of sp³-hybridized carbons (Fsp3) is 0.528. The number of Topliss-reactive ketones (excluding diaryl/α,β-unsaturated/α-hetero) is 2. The number of aliphatic hydroxyl groups excluding tert-OH is 1. The predicted octanol–water partition coefficient (Wildman–Crippen LogP) is 3.31. The monoisotopic (exact) mass is 632 g/mol. The standard InChI is InChI=1S/C36H48N4O6/c1-5-24-13-14-30(38-6-2)26(17-24)21-45-34(44)36-33(43)29-10-8-7-9-28(29)32(42)35(36,46-36)19-27(20-41)23(3)11-12-25-15-16-39-31(18-25)40-22-37-4/h7-10,13-15,18,24,26,30,37-41H,5-6,11-12,16-17,19-22H2,1-4H3. The van der Waals surface area contributed by atoms with E-state index in [1.54, 1.807) is 24.3 Å². The molecule has 1 saturated heterocycles. The first kappa shape index (κ1) is 33.8. The largest absolute Gasteiger partial charge is 0.463 e. The molecule has 5 unspecified atom stereocenters. The lowest BCUT2D eigenvalue weighted by Crippen LogP contribution is -2.51. The molecule has 2 aliphatic carbocycles. The molecule has 46 heavy (non-hydrogen) atoms. The van der Waals surface area contributed by atoms with Crippen LogP contribution in [0.2, 0.25) is 0 Å². The van der Waals surface area contributed by atoms with E-state index in [1.807, 2.05) is 20.9 Å². The van der Waals surface area contributed by atoms with Gasteiger partial charge in [-0.1, -0.05) is 61.9 Å². The Morgan fingerprint density at radius 2 is 1.91 bits per heavy atom. The highest BCUT2D eigenvalue weighted by Crippen LogP contribution is 2.59.